The molecule has 0 aliphatic heterocycles. The summed E-state index contributed by atoms with van der Waals surface area (Å²) in [6.45, 7) is 4.29. The summed E-state index contributed by atoms with van der Waals surface area (Å²) in [7, 11) is 0. The van der Waals surface area contributed by atoms with Gasteiger partial charge in [0.15, 0.2) is 0 Å². The van der Waals surface area contributed by atoms with Crippen LogP contribution in [0.5, 0.6) is 0 Å². The maximum Gasteiger partial charge on any atom is 0.316 e. The highest BCUT2D eigenvalue weighted by Crippen LogP contribution is 2.17. The molecule has 0 bridgehead atoms. The lowest BCUT2D eigenvalue weighted by Gasteiger charge is -2.24. The summed E-state index contributed by atoms with van der Waals surface area (Å²) in [5.74, 6) is -1.75. The predicted octanol–water partition coefficient (Wildman–Crippen LogP) is 2.39. The van der Waals surface area contributed by atoms with Gasteiger partial charge in [-0.2, -0.15) is 5.11 Å². The zero-order valence-corrected chi connectivity index (χ0v) is 9.23. The Kier molecular flexibility index (Phi) is 4.75. The van der Waals surface area contributed by atoms with Crippen molar-refractivity contribution in [1.29, 1.82) is 0 Å². The zero-order chi connectivity index (χ0) is 11.1. The summed E-state index contributed by atoms with van der Waals surface area (Å²) in [5, 5.41) is 12.0. The van der Waals surface area contributed by atoms with E-state index in [-0.39, 0.29) is 6.42 Å². The maximum absolute atomic E-state index is 12.0. The Bertz CT molecular complexity index is 265. The lowest BCUT2D eigenvalue weighted by molar-refractivity contribution is -0.384. The summed E-state index contributed by atoms with van der Waals surface area (Å²) in [6.07, 6.45) is 0.232. The highest BCUT2D eigenvalue weighted by molar-refractivity contribution is 5.15. The fraction of sp³-hybridized carbons (Fsp3) is 0.500. The summed E-state index contributed by atoms with van der Waals surface area (Å²) >= 11 is 0. The normalized spacial score (nSPS) is 11.7. The summed E-state index contributed by atoms with van der Waals surface area (Å²) in [5.41, 5.74) is 0.925. The number of benzene rings is 1. The van der Waals surface area contributed by atoms with Gasteiger partial charge >= 0.3 is 5.97 Å². The van der Waals surface area contributed by atoms with Crippen molar-refractivity contribution in [2.45, 2.75) is 26.2 Å². The molecule has 1 rings (SSSR count). The number of ether oxygens (including phenoxy) is 2. The van der Waals surface area contributed by atoms with Crippen molar-refractivity contribution < 1.29 is 14.6 Å². The van der Waals surface area contributed by atoms with Crippen molar-refractivity contribution in [1.82, 2.24) is 0 Å². The van der Waals surface area contributed by atoms with Crippen LogP contribution >= 0.6 is 0 Å². The molecule has 3 heteroatoms. The van der Waals surface area contributed by atoms with Gasteiger partial charge in [-0.3, -0.25) is 0 Å². The van der Waals surface area contributed by atoms with Crippen molar-refractivity contribution in [3.8, 4) is 0 Å². The molecule has 0 heterocycles. The van der Waals surface area contributed by atoms with Crippen molar-refractivity contribution in [2.24, 2.45) is 0 Å². The molecule has 0 amide bonds. The molecule has 0 aliphatic rings. The molecule has 83 valence electrons. The van der Waals surface area contributed by atoms with Gasteiger partial charge in [0.2, 0.25) is 0 Å². The third-order valence-electron chi connectivity index (χ3n) is 1.99. The van der Waals surface area contributed by atoms with E-state index in [9.17, 15) is 5.11 Å². The minimum absolute atomic E-state index is 0.232. The molecule has 0 fully saturated rings. The van der Waals surface area contributed by atoms with E-state index >= 15 is 0 Å². The zero-order valence-electron chi connectivity index (χ0n) is 9.23. The first-order chi connectivity index (χ1) is 7.20. The highest BCUT2D eigenvalue weighted by atomic mass is 16.8. The van der Waals surface area contributed by atoms with E-state index in [1.165, 1.54) is 0 Å². The number of hydrogen-bond acceptors (Lipinski definition) is 2. The Hall–Kier alpha value is -0.900. The molecule has 1 aromatic rings. The van der Waals surface area contributed by atoms with Gasteiger partial charge in [-0.25, -0.2) is 0 Å². The quantitative estimate of drug-likeness (QED) is 0.675. The van der Waals surface area contributed by atoms with Gasteiger partial charge in [0, 0.05) is 13.2 Å². The van der Waals surface area contributed by atoms with Crippen LogP contribution in [0.15, 0.2) is 30.3 Å². The van der Waals surface area contributed by atoms with Crippen LogP contribution in [0.4, 0.5) is 0 Å². The highest BCUT2D eigenvalue weighted by Gasteiger charge is 2.30. The van der Waals surface area contributed by atoms with Gasteiger partial charge in [-0.15, -0.1) is 0 Å². The van der Waals surface area contributed by atoms with Crippen molar-refractivity contribution in [3.05, 3.63) is 35.9 Å². The Morgan fingerprint density at radius 3 is 2.07 bits per heavy atom. The van der Waals surface area contributed by atoms with Crippen molar-refractivity contribution >= 4 is 0 Å². The van der Waals surface area contributed by atoms with Gasteiger partial charge in [0.25, 0.3) is 0 Å². The maximum atomic E-state index is 12.0. The van der Waals surface area contributed by atoms with E-state index in [4.69, 9.17) is 9.47 Å². The fourth-order valence-electron chi connectivity index (χ4n) is 1.43. The smallest absolute Gasteiger partial charge is 0.316 e. The number of rotatable bonds is 6. The van der Waals surface area contributed by atoms with Gasteiger partial charge in [0.1, 0.15) is 0 Å². The first-order valence-electron chi connectivity index (χ1n) is 5.22. The average molecular weight is 209 g/mol. The molecular formula is C12H17O3. The van der Waals surface area contributed by atoms with Crippen LogP contribution in [0.25, 0.3) is 0 Å². The average Bonchev–Trinajstić information content (AvgIpc) is 2.19. The van der Waals surface area contributed by atoms with E-state index in [1.54, 1.807) is 13.8 Å². The molecule has 0 spiro atoms. The Morgan fingerprint density at radius 2 is 1.60 bits per heavy atom. The second-order valence-electron chi connectivity index (χ2n) is 3.21. The molecular weight excluding hydrogens is 192 g/mol. The van der Waals surface area contributed by atoms with E-state index in [0.717, 1.165) is 5.56 Å². The van der Waals surface area contributed by atoms with Gasteiger partial charge in [-0.1, -0.05) is 30.3 Å². The minimum Gasteiger partial charge on any atom is -0.326 e. The molecule has 0 saturated heterocycles. The van der Waals surface area contributed by atoms with Crippen LogP contribution in [0.3, 0.4) is 0 Å². The van der Waals surface area contributed by atoms with Crippen LogP contribution in [0.2, 0.25) is 0 Å². The SMILES string of the molecule is CCOC([O])(Cc1ccccc1)OCC. The molecule has 0 unspecified atom stereocenters. The van der Waals surface area contributed by atoms with Crippen molar-refractivity contribution in [2.75, 3.05) is 13.2 Å². The Labute approximate surface area is 90.6 Å². The van der Waals surface area contributed by atoms with Crippen LogP contribution < -0.4 is 0 Å². The first kappa shape index (κ1) is 12.2. The monoisotopic (exact) mass is 209 g/mol. The predicted molar refractivity (Wildman–Crippen MR) is 56.8 cm³/mol. The molecule has 0 atom stereocenters. The van der Waals surface area contributed by atoms with Crippen LogP contribution in [0, 0.1) is 0 Å². The lowest BCUT2D eigenvalue weighted by Crippen LogP contribution is -2.36. The second-order valence-corrected chi connectivity index (χ2v) is 3.21. The van der Waals surface area contributed by atoms with Crippen molar-refractivity contribution in [3.63, 3.8) is 0 Å². The molecule has 0 saturated carbocycles. The lowest BCUT2D eigenvalue weighted by atomic mass is 10.1. The Balaban J connectivity index is 2.66. The molecule has 1 radical (unpaired) electrons. The molecule has 1 aromatic carbocycles. The van der Waals surface area contributed by atoms with Gasteiger partial charge in [0.05, 0.1) is 6.42 Å². The van der Waals surface area contributed by atoms with E-state index < -0.39 is 5.97 Å². The van der Waals surface area contributed by atoms with Crippen LogP contribution in [-0.4, -0.2) is 19.2 Å². The Morgan fingerprint density at radius 1 is 1.07 bits per heavy atom. The van der Waals surface area contributed by atoms with E-state index in [0.29, 0.717) is 13.2 Å². The third kappa shape index (κ3) is 4.00. The minimum atomic E-state index is -1.75. The third-order valence-corrected chi connectivity index (χ3v) is 1.99. The van der Waals surface area contributed by atoms with E-state index in [2.05, 4.69) is 0 Å². The standard InChI is InChI=1S/C12H17O3/c1-3-14-12(13,15-4-2)10-11-8-6-5-7-9-11/h5-9H,3-4,10H2,1-2H3. The van der Waals surface area contributed by atoms with E-state index in [1.807, 2.05) is 30.3 Å². The molecule has 3 nitrogen and oxygen atoms in total. The van der Waals surface area contributed by atoms with Crippen LogP contribution in [0.1, 0.15) is 19.4 Å². The molecule has 0 N–H and O–H groups in total. The summed E-state index contributed by atoms with van der Waals surface area (Å²) in [4.78, 5) is 0. The van der Waals surface area contributed by atoms with Gasteiger partial charge in [-0.05, 0) is 19.4 Å². The van der Waals surface area contributed by atoms with Crippen LogP contribution in [-0.2, 0) is 21.0 Å². The van der Waals surface area contributed by atoms with Gasteiger partial charge < -0.3 is 9.47 Å². The molecule has 0 aromatic heterocycles. The fourth-order valence-corrected chi connectivity index (χ4v) is 1.43. The molecule has 15 heavy (non-hydrogen) atoms. The topological polar surface area (TPSA) is 38.4 Å². The second kappa shape index (κ2) is 5.85. The molecule has 0 aliphatic carbocycles. The first-order valence-corrected chi connectivity index (χ1v) is 5.22. The largest absolute Gasteiger partial charge is 0.326 e. The summed E-state index contributed by atoms with van der Waals surface area (Å²) in [6, 6.07) is 9.49. The number of hydrogen-bond donors (Lipinski definition) is 0. The summed E-state index contributed by atoms with van der Waals surface area (Å²) < 4.78 is 10.2.